The molecule has 122 valence electrons. The maximum Gasteiger partial charge on any atom is 0.408 e. The number of ether oxygens (including phenoxy) is 1. The van der Waals surface area contributed by atoms with Gasteiger partial charge in [0, 0.05) is 5.56 Å². The molecule has 0 saturated heterocycles. The molecule has 3 N–H and O–H groups in total. The normalized spacial score (nSPS) is 11.8. The summed E-state index contributed by atoms with van der Waals surface area (Å²) in [7, 11) is 0. The molecule has 0 aliphatic heterocycles. The molecule has 1 heterocycles. The van der Waals surface area contributed by atoms with Gasteiger partial charge in [0.1, 0.15) is 17.6 Å². The number of carboxylic acid groups (broad SMARTS) is 1. The number of carboxylic acids is 1. The molecule has 1 aromatic heterocycles. The molecule has 0 saturated carbocycles. The van der Waals surface area contributed by atoms with Crippen molar-refractivity contribution in [2.75, 3.05) is 0 Å². The van der Waals surface area contributed by atoms with E-state index < -0.39 is 18.1 Å². The van der Waals surface area contributed by atoms with Crippen molar-refractivity contribution >= 4 is 23.1 Å². The van der Waals surface area contributed by atoms with Crippen LogP contribution in [0.4, 0.5) is 4.79 Å². The van der Waals surface area contributed by atoms with Crippen molar-refractivity contribution in [2.24, 2.45) is 0 Å². The minimum atomic E-state index is -1.29. The number of hydrogen-bond acceptors (Lipinski definition) is 5. The number of para-hydroxylation sites is 1. The van der Waals surface area contributed by atoms with E-state index in [1.165, 1.54) is 0 Å². The molecule has 1 unspecified atom stereocenters. The van der Waals surface area contributed by atoms with E-state index in [1.54, 1.807) is 30.3 Å². The average Bonchev–Trinajstić information content (AvgIpc) is 3.07. The maximum atomic E-state index is 11.9. The molecule has 1 atom stereocenters. The molecule has 2 aromatic carbocycles. The summed E-state index contributed by atoms with van der Waals surface area (Å²) in [4.78, 5) is 23.5. The van der Waals surface area contributed by atoms with Crippen LogP contribution in [0.5, 0.6) is 0 Å². The standard InChI is InChI=1S/C16H14N4O4/c21-15(22)14(11-7-4-8-12-13(11)19-20-18-12)17-16(23)24-9-10-5-2-1-3-6-10/h1-8,14H,9H2,(H,17,23)(H,21,22)(H,18,19,20). The highest BCUT2D eigenvalue weighted by atomic mass is 16.5. The van der Waals surface area contributed by atoms with Crippen LogP contribution in [0, 0.1) is 0 Å². The van der Waals surface area contributed by atoms with Gasteiger partial charge in [-0.1, -0.05) is 42.5 Å². The fourth-order valence-electron chi connectivity index (χ4n) is 2.28. The summed E-state index contributed by atoms with van der Waals surface area (Å²) in [5.41, 5.74) is 2.02. The van der Waals surface area contributed by atoms with Crippen LogP contribution < -0.4 is 5.32 Å². The van der Waals surface area contributed by atoms with E-state index in [0.29, 0.717) is 16.6 Å². The Morgan fingerprint density at radius 1 is 1.12 bits per heavy atom. The van der Waals surface area contributed by atoms with Crippen molar-refractivity contribution in [1.82, 2.24) is 20.7 Å². The summed E-state index contributed by atoms with van der Waals surface area (Å²) in [5, 5.41) is 22.0. The zero-order valence-electron chi connectivity index (χ0n) is 12.5. The number of benzene rings is 2. The number of rotatable bonds is 5. The summed E-state index contributed by atoms with van der Waals surface area (Å²) in [6.07, 6.45) is -0.827. The van der Waals surface area contributed by atoms with Gasteiger partial charge in [0.2, 0.25) is 0 Å². The molecule has 0 fully saturated rings. The molecule has 24 heavy (non-hydrogen) atoms. The second-order valence-electron chi connectivity index (χ2n) is 5.02. The lowest BCUT2D eigenvalue weighted by atomic mass is 10.1. The van der Waals surface area contributed by atoms with E-state index in [2.05, 4.69) is 20.7 Å². The largest absolute Gasteiger partial charge is 0.479 e. The molecule has 0 aliphatic rings. The Balaban J connectivity index is 1.73. The van der Waals surface area contributed by atoms with Crippen LogP contribution in [0.1, 0.15) is 17.2 Å². The van der Waals surface area contributed by atoms with Gasteiger partial charge in [0.05, 0.1) is 0 Å². The van der Waals surface area contributed by atoms with Gasteiger partial charge in [-0.25, -0.2) is 9.59 Å². The van der Waals surface area contributed by atoms with Crippen LogP contribution >= 0.6 is 0 Å². The monoisotopic (exact) mass is 326 g/mol. The number of H-pyrrole nitrogens is 1. The van der Waals surface area contributed by atoms with E-state index in [-0.39, 0.29) is 6.61 Å². The van der Waals surface area contributed by atoms with Gasteiger partial charge in [0.25, 0.3) is 0 Å². The summed E-state index contributed by atoms with van der Waals surface area (Å²) in [6.45, 7) is 0.0488. The van der Waals surface area contributed by atoms with Crippen LogP contribution in [0.2, 0.25) is 0 Å². The average molecular weight is 326 g/mol. The number of carbonyl (C=O) groups excluding carboxylic acids is 1. The topological polar surface area (TPSA) is 117 Å². The van der Waals surface area contributed by atoms with E-state index in [9.17, 15) is 14.7 Å². The van der Waals surface area contributed by atoms with Crippen LogP contribution in [0.15, 0.2) is 48.5 Å². The number of carbonyl (C=O) groups is 2. The Morgan fingerprint density at radius 3 is 2.67 bits per heavy atom. The van der Waals surface area contributed by atoms with Crippen LogP contribution in [-0.4, -0.2) is 32.6 Å². The summed E-state index contributed by atoms with van der Waals surface area (Å²) < 4.78 is 5.07. The van der Waals surface area contributed by atoms with Crippen LogP contribution in [0.3, 0.4) is 0 Å². The van der Waals surface area contributed by atoms with Gasteiger partial charge >= 0.3 is 12.1 Å². The Kier molecular flexibility index (Phi) is 4.37. The molecule has 0 aliphatic carbocycles. The lowest BCUT2D eigenvalue weighted by Gasteiger charge is -2.15. The number of nitrogens with zero attached hydrogens (tertiary/aromatic N) is 2. The molecule has 0 spiro atoms. The van der Waals surface area contributed by atoms with E-state index >= 15 is 0 Å². The SMILES string of the molecule is O=C(NC(C(=O)O)c1cccc2n[nH]nc12)OCc1ccccc1. The number of aromatic nitrogens is 3. The molecular weight excluding hydrogens is 312 g/mol. The third-order valence-corrected chi connectivity index (χ3v) is 3.41. The molecule has 8 nitrogen and oxygen atoms in total. The van der Waals surface area contributed by atoms with Crippen molar-refractivity contribution in [3.05, 3.63) is 59.7 Å². The zero-order valence-corrected chi connectivity index (χ0v) is 12.5. The highest BCUT2D eigenvalue weighted by molar-refractivity contribution is 5.88. The van der Waals surface area contributed by atoms with Crippen LogP contribution in [0.25, 0.3) is 11.0 Å². The lowest BCUT2D eigenvalue weighted by molar-refractivity contribution is -0.139. The molecule has 1 amide bonds. The number of amides is 1. The lowest BCUT2D eigenvalue weighted by Crippen LogP contribution is -2.34. The third-order valence-electron chi connectivity index (χ3n) is 3.41. The first-order chi connectivity index (χ1) is 11.6. The van der Waals surface area contributed by atoms with E-state index in [0.717, 1.165) is 5.56 Å². The van der Waals surface area contributed by atoms with Crippen molar-refractivity contribution in [3.63, 3.8) is 0 Å². The smallest absolute Gasteiger partial charge is 0.408 e. The Morgan fingerprint density at radius 2 is 1.92 bits per heavy atom. The van der Waals surface area contributed by atoms with Gasteiger partial charge < -0.3 is 15.2 Å². The summed E-state index contributed by atoms with van der Waals surface area (Å²) >= 11 is 0. The van der Waals surface area contributed by atoms with Gasteiger partial charge in [-0.05, 0) is 11.6 Å². The molecule has 0 radical (unpaired) electrons. The summed E-state index contributed by atoms with van der Waals surface area (Å²) in [6, 6.07) is 12.7. The Bertz CT molecular complexity index is 863. The molecule has 3 aromatic rings. The first-order valence-electron chi connectivity index (χ1n) is 7.14. The first kappa shape index (κ1) is 15.5. The number of fused-ring (bicyclic) bond motifs is 1. The minimum absolute atomic E-state index is 0.0488. The number of aliphatic carboxylic acids is 1. The number of alkyl carbamates (subject to hydrolysis) is 1. The summed E-state index contributed by atoms with van der Waals surface area (Å²) in [5.74, 6) is -1.22. The van der Waals surface area contributed by atoms with Gasteiger partial charge in [-0.2, -0.15) is 15.4 Å². The number of hydrogen-bond donors (Lipinski definition) is 3. The first-order valence-corrected chi connectivity index (χ1v) is 7.14. The van der Waals surface area contributed by atoms with Crippen molar-refractivity contribution in [3.8, 4) is 0 Å². The fourth-order valence-corrected chi connectivity index (χ4v) is 2.28. The zero-order chi connectivity index (χ0) is 16.9. The van der Waals surface area contributed by atoms with Crippen molar-refractivity contribution < 1.29 is 19.4 Å². The number of aromatic amines is 1. The minimum Gasteiger partial charge on any atom is -0.479 e. The van der Waals surface area contributed by atoms with Crippen molar-refractivity contribution in [1.29, 1.82) is 0 Å². The Labute approximate surface area is 136 Å². The van der Waals surface area contributed by atoms with Crippen molar-refractivity contribution in [2.45, 2.75) is 12.6 Å². The maximum absolute atomic E-state index is 11.9. The second-order valence-corrected chi connectivity index (χ2v) is 5.02. The Hall–Kier alpha value is -3.42. The molecule has 3 rings (SSSR count). The highest BCUT2D eigenvalue weighted by Crippen LogP contribution is 2.21. The van der Waals surface area contributed by atoms with Gasteiger partial charge in [0.15, 0.2) is 6.04 Å². The van der Waals surface area contributed by atoms with E-state index in [4.69, 9.17) is 4.74 Å². The van der Waals surface area contributed by atoms with E-state index in [1.807, 2.05) is 18.2 Å². The molecular formula is C16H14N4O4. The predicted octanol–water partition coefficient (Wildman–Crippen LogP) is 2.01. The van der Waals surface area contributed by atoms with Gasteiger partial charge in [-0.15, -0.1) is 0 Å². The second kappa shape index (κ2) is 6.78. The molecule has 0 bridgehead atoms. The third kappa shape index (κ3) is 3.32. The van der Waals surface area contributed by atoms with Gasteiger partial charge in [-0.3, -0.25) is 0 Å². The highest BCUT2D eigenvalue weighted by Gasteiger charge is 2.25. The quantitative estimate of drug-likeness (QED) is 0.660. The van der Waals surface area contributed by atoms with Crippen LogP contribution in [-0.2, 0) is 16.1 Å². The molecule has 8 heteroatoms. The predicted molar refractivity (Wildman–Crippen MR) is 84.0 cm³/mol. The fraction of sp³-hybridized carbons (Fsp3) is 0.125. The number of nitrogens with one attached hydrogen (secondary N) is 2.